The highest BCUT2D eigenvalue weighted by atomic mass is 32.2. The Morgan fingerprint density at radius 2 is 2.16 bits per heavy atom. The highest BCUT2D eigenvalue weighted by Gasteiger charge is 2.29. The number of nitrogens with zero attached hydrogens (tertiary/aromatic N) is 3. The van der Waals surface area contributed by atoms with E-state index in [1.165, 1.54) is 11.8 Å². The maximum absolute atomic E-state index is 11.7. The van der Waals surface area contributed by atoms with Crippen molar-refractivity contribution in [1.82, 2.24) is 14.8 Å². The van der Waals surface area contributed by atoms with Gasteiger partial charge in [0.25, 0.3) is 0 Å². The van der Waals surface area contributed by atoms with Crippen molar-refractivity contribution in [2.24, 2.45) is 5.73 Å². The quantitative estimate of drug-likeness (QED) is 0.652. The lowest BCUT2D eigenvalue weighted by molar-refractivity contribution is -0.151. The van der Waals surface area contributed by atoms with Gasteiger partial charge in [-0.2, -0.15) is 0 Å². The maximum atomic E-state index is 11.7. The molecule has 1 aliphatic rings. The molecule has 1 heterocycles. The fourth-order valence-corrected chi connectivity index (χ4v) is 2.54. The zero-order chi connectivity index (χ0) is 14.0. The summed E-state index contributed by atoms with van der Waals surface area (Å²) in [6.45, 7) is 5.94. The van der Waals surface area contributed by atoms with E-state index in [1.54, 1.807) is 0 Å². The third-order valence-corrected chi connectivity index (χ3v) is 3.49. The van der Waals surface area contributed by atoms with Crippen LogP contribution in [0.1, 0.15) is 45.5 Å². The summed E-state index contributed by atoms with van der Waals surface area (Å²) < 4.78 is 7.32. The summed E-state index contributed by atoms with van der Waals surface area (Å²) in [5.41, 5.74) is 5.19. The van der Waals surface area contributed by atoms with Gasteiger partial charge in [-0.1, -0.05) is 11.8 Å². The molecule has 19 heavy (non-hydrogen) atoms. The predicted molar refractivity (Wildman–Crippen MR) is 72.8 cm³/mol. The van der Waals surface area contributed by atoms with Crippen LogP contribution in [0.25, 0.3) is 0 Å². The molecule has 7 heteroatoms. The summed E-state index contributed by atoms with van der Waals surface area (Å²) >= 11 is 1.36. The van der Waals surface area contributed by atoms with Crippen molar-refractivity contribution in [1.29, 1.82) is 0 Å². The van der Waals surface area contributed by atoms with E-state index in [4.69, 9.17) is 10.5 Å². The van der Waals surface area contributed by atoms with E-state index in [0.29, 0.717) is 12.6 Å². The van der Waals surface area contributed by atoms with Crippen molar-refractivity contribution < 1.29 is 9.53 Å². The minimum absolute atomic E-state index is 0.239. The van der Waals surface area contributed by atoms with Crippen LogP contribution in [0.2, 0.25) is 0 Å². The van der Waals surface area contributed by atoms with Gasteiger partial charge in [0.2, 0.25) is 0 Å². The second kappa shape index (κ2) is 5.50. The van der Waals surface area contributed by atoms with Gasteiger partial charge in [-0.25, -0.2) is 0 Å². The second-order valence-corrected chi connectivity index (χ2v) is 6.52. The molecule has 0 bridgehead atoms. The van der Waals surface area contributed by atoms with Crippen molar-refractivity contribution in [2.75, 3.05) is 5.75 Å². The Morgan fingerprint density at radius 1 is 1.47 bits per heavy atom. The third-order valence-electron chi connectivity index (χ3n) is 2.57. The van der Waals surface area contributed by atoms with Crippen molar-refractivity contribution in [2.45, 2.75) is 57.0 Å². The molecule has 0 atom stereocenters. The van der Waals surface area contributed by atoms with Crippen LogP contribution in [0.4, 0.5) is 0 Å². The van der Waals surface area contributed by atoms with Gasteiger partial charge in [-0.15, -0.1) is 10.2 Å². The number of aromatic nitrogens is 3. The van der Waals surface area contributed by atoms with Gasteiger partial charge in [0.05, 0.1) is 12.3 Å². The SMILES string of the molecule is CC(C)(C)OC(=O)CSc1nnc(CN)n1C1CC1. The smallest absolute Gasteiger partial charge is 0.316 e. The Balaban J connectivity index is 1.96. The number of hydrogen-bond donors (Lipinski definition) is 1. The minimum Gasteiger partial charge on any atom is -0.459 e. The molecule has 1 saturated carbocycles. The lowest BCUT2D eigenvalue weighted by Gasteiger charge is -2.19. The van der Waals surface area contributed by atoms with Crippen molar-refractivity contribution in [3.05, 3.63) is 5.82 Å². The van der Waals surface area contributed by atoms with Gasteiger partial charge < -0.3 is 15.0 Å². The van der Waals surface area contributed by atoms with E-state index >= 15 is 0 Å². The highest BCUT2D eigenvalue weighted by Crippen LogP contribution is 2.38. The van der Waals surface area contributed by atoms with E-state index in [0.717, 1.165) is 23.8 Å². The fourth-order valence-electron chi connectivity index (χ4n) is 1.74. The van der Waals surface area contributed by atoms with Crippen LogP contribution in [0.3, 0.4) is 0 Å². The van der Waals surface area contributed by atoms with Gasteiger partial charge in [0, 0.05) is 6.04 Å². The van der Waals surface area contributed by atoms with E-state index in [9.17, 15) is 4.79 Å². The lowest BCUT2D eigenvalue weighted by atomic mass is 10.2. The standard InChI is InChI=1S/C12H20N4O2S/c1-12(2,3)18-10(17)7-19-11-15-14-9(6-13)16(11)8-4-5-8/h8H,4-7,13H2,1-3H3. The predicted octanol–water partition coefficient (Wildman–Crippen LogP) is 1.51. The average Bonchev–Trinajstić information content (AvgIpc) is 3.04. The minimum atomic E-state index is -0.454. The van der Waals surface area contributed by atoms with Crippen LogP contribution < -0.4 is 5.73 Å². The number of nitrogens with two attached hydrogens (primary N) is 1. The normalized spacial score (nSPS) is 15.6. The number of thioether (sulfide) groups is 1. The molecule has 106 valence electrons. The first-order chi connectivity index (χ1) is 8.90. The summed E-state index contributed by atoms with van der Waals surface area (Å²) in [7, 11) is 0. The number of rotatable bonds is 5. The molecule has 6 nitrogen and oxygen atoms in total. The first-order valence-electron chi connectivity index (χ1n) is 6.39. The summed E-state index contributed by atoms with van der Waals surface area (Å²) in [5.74, 6) is 0.790. The van der Waals surface area contributed by atoms with Gasteiger partial charge >= 0.3 is 5.97 Å². The number of hydrogen-bond acceptors (Lipinski definition) is 6. The van der Waals surface area contributed by atoms with Gasteiger partial charge in [-0.05, 0) is 33.6 Å². The van der Waals surface area contributed by atoms with E-state index in [1.807, 2.05) is 20.8 Å². The lowest BCUT2D eigenvalue weighted by Crippen LogP contribution is -2.25. The van der Waals surface area contributed by atoms with E-state index in [-0.39, 0.29) is 11.7 Å². The van der Waals surface area contributed by atoms with Crippen LogP contribution in [-0.2, 0) is 16.1 Å². The number of carbonyl (C=O) groups is 1. The van der Waals surface area contributed by atoms with Crippen molar-refractivity contribution >= 4 is 17.7 Å². The molecule has 1 aromatic heterocycles. The molecule has 0 spiro atoms. The summed E-state index contributed by atoms with van der Waals surface area (Å²) in [6, 6.07) is 0.453. The zero-order valence-electron chi connectivity index (χ0n) is 11.5. The molecule has 1 fully saturated rings. The summed E-state index contributed by atoms with van der Waals surface area (Å²) in [6.07, 6.45) is 2.26. The maximum Gasteiger partial charge on any atom is 0.316 e. The second-order valence-electron chi connectivity index (χ2n) is 5.58. The van der Waals surface area contributed by atoms with E-state index in [2.05, 4.69) is 14.8 Å². The summed E-state index contributed by atoms with van der Waals surface area (Å²) in [5, 5.41) is 8.93. The van der Waals surface area contributed by atoms with Crippen LogP contribution >= 0.6 is 11.8 Å². The van der Waals surface area contributed by atoms with Gasteiger partial charge in [0.1, 0.15) is 11.4 Å². The number of esters is 1. The third kappa shape index (κ3) is 3.94. The highest BCUT2D eigenvalue weighted by molar-refractivity contribution is 7.99. The van der Waals surface area contributed by atoms with Crippen LogP contribution in [-0.4, -0.2) is 32.1 Å². The van der Waals surface area contributed by atoms with Crippen LogP contribution in [0, 0.1) is 0 Å². The number of ether oxygens (including phenoxy) is 1. The molecule has 0 radical (unpaired) electrons. The zero-order valence-corrected chi connectivity index (χ0v) is 12.4. The molecule has 0 saturated heterocycles. The Labute approximate surface area is 117 Å². The average molecular weight is 284 g/mol. The molecule has 1 aromatic rings. The van der Waals surface area contributed by atoms with Gasteiger partial charge in [-0.3, -0.25) is 4.79 Å². The van der Waals surface area contributed by atoms with Crippen LogP contribution in [0.15, 0.2) is 5.16 Å². The van der Waals surface area contributed by atoms with Crippen molar-refractivity contribution in [3.63, 3.8) is 0 Å². The Morgan fingerprint density at radius 3 is 2.68 bits per heavy atom. The fraction of sp³-hybridized carbons (Fsp3) is 0.750. The van der Waals surface area contributed by atoms with Crippen molar-refractivity contribution in [3.8, 4) is 0 Å². The monoisotopic (exact) mass is 284 g/mol. The molecule has 0 aromatic carbocycles. The largest absolute Gasteiger partial charge is 0.459 e. The Bertz CT molecular complexity index is 463. The van der Waals surface area contributed by atoms with Crippen LogP contribution in [0.5, 0.6) is 0 Å². The number of carbonyl (C=O) groups excluding carboxylic acids is 1. The molecule has 0 aliphatic heterocycles. The molecule has 1 aliphatic carbocycles. The van der Waals surface area contributed by atoms with Gasteiger partial charge in [0.15, 0.2) is 5.16 Å². The molecular weight excluding hydrogens is 264 g/mol. The van der Waals surface area contributed by atoms with E-state index < -0.39 is 5.60 Å². The molecule has 0 amide bonds. The Kier molecular flexibility index (Phi) is 4.15. The first-order valence-corrected chi connectivity index (χ1v) is 7.38. The topological polar surface area (TPSA) is 83.0 Å². The molecular formula is C12H20N4O2S. The summed E-state index contributed by atoms with van der Waals surface area (Å²) in [4.78, 5) is 11.7. The molecule has 0 unspecified atom stereocenters. The first kappa shape index (κ1) is 14.3. The Hall–Kier alpha value is -1.08. The molecule has 2 rings (SSSR count). The molecule has 2 N–H and O–H groups in total.